The number of anilines is 2. The monoisotopic (exact) mass is 424 g/mol. The van der Waals surface area contributed by atoms with Crippen molar-refractivity contribution in [1.29, 1.82) is 0 Å². The third kappa shape index (κ3) is 3.50. The van der Waals surface area contributed by atoms with Gasteiger partial charge in [-0.3, -0.25) is 14.3 Å². The molecule has 2 heterocycles. The molecule has 0 aliphatic carbocycles. The number of hydrogen-bond donors (Lipinski definition) is 2. The summed E-state index contributed by atoms with van der Waals surface area (Å²) in [6, 6.07) is 15.2. The first kappa shape index (κ1) is 17.5. The average Bonchev–Trinajstić information content (AvgIpc) is 3.02. The largest absolute Gasteiger partial charge is 0.326 e. The molecule has 2 N–H and O–H groups in total. The summed E-state index contributed by atoms with van der Waals surface area (Å²) in [6.45, 7) is 0. The Labute approximate surface area is 164 Å². The van der Waals surface area contributed by atoms with Crippen LogP contribution in [-0.4, -0.2) is 21.6 Å². The van der Waals surface area contributed by atoms with E-state index in [2.05, 4.69) is 31.7 Å². The minimum Gasteiger partial charge on any atom is -0.326 e. The first-order valence-electron chi connectivity index (χ1n) is 8.50. The summed E-state index contributed by atoms with van der Waals surface area (Å²) in [7, 11) is 1.81. The van der Waals surface area contributed by atoms with Crippen molar-refractivity contribution in [3.05, 3.63) is 64.8 Å². The van der Waals surface area contributed by atoms with Gasteiger partial charge in [0.25, 0.3) is 0 Å². The first-order chi connectivity index (χ1) is 13.0. The number of rotatable bonds is 3. The third-order valence-electron chi connectivity index (χ3n) is 4.50. The molecule has 4 rings (SSSR count). The fraction of sp³-hybridized carbons (Fsp3) is 0.150. The summed E-state index contributed by atoms with van der Waals surface area (Å²) in [5.74, 6) is -0.955. The summed E-state index contributed by atoms with van der Waals surface area (Å²) >= 11 is 3.44. The number of aryl methyl sites for hydroxylation is 1. The lowest BCUT2D eigenvalue weighted by Gasteiger charge is -2.25. The van der Waals surface area contributed by atoms with Gasteiger partial charge in [-0.1, -0.05) is 46.3 Å². The minimum atomic E-state index is -0.560. The van der Waals surface area contributed by atoms with E-state index in [-0.39, 0.29) is 18.2 Å². The Hall–Kier alpha value is -2.93. The summed E-state index contributed by atoms with van der Waals surface area (Å²) in [4.78, 5) is 25.1. The molecule has 1 unspecified atom stereocenters. The second-order valence-corrected chi connectivity index (χ2v) is 7.37. The van der Waals surface area contributed by atoms with Crippen molar-refractivity contribution in [2.24, 2.45) is 7.05 Å². The molecule has 136 valence electrons. The van der Waals surface area contributed by atoms with Crippen molar-refractivity contribution in [3.8, 4) is 11.3 Å². The molecular formula is C20H17BrN4O2. The Balaban J connectivity index is 1.66. The Morgan fingerprint density at radius 2 is 2.04 bits per heavy atom. The summed E-state index contributed by atoms with van der Waals surface area (Å²) in [5.41, 5.74) is 3.70. The van der Waals surface area contributed by atoms with Crippen LogP contribution in [-0.2, 0) is 16.6 Å². The van der Waals surface area contributed by atoms with Crippen LogP contribution in [0.15, 0.2) is 59.2 Å². The van der Waals surface area contributed by atoms with Crippen LogP contribution in [0.2, 0.25) is 0 Å². The van der Waals surface area contributed by atoms with Crippen molar-refractivity contribution in [3.63, 3.8) is 0 Å². The van der Waals surface area contributed by atoms with Gasteiger partial charge >= 0.3 is 0 Å². The van der Waals surface area contributed by atoms with Crippen LogP contribution in [0.25, 0.3) is 11.3 Å². The number of nitrogens with one attached hydrogen (secondary N) is 2. The highest BCUT2D eigenvalue weighted by Crippen LogP contribution is 2.36. The van der Waals surface area contributed by atoms with E-state index in [1.54, 1.807) is 16.9 Å². The van der Waals surface area contributed by atoms with Crippen LogP contribution in [0.3, 0.4) is 0 Å². The molecule has 7 heteroatoms. The van der Waals surface area contributed by atoms with Gasteiger partial charge < -0.3 is 10.6 Å². The molecule has 0 saturated heterocycles. The van der Waals surface area contributed by atoms with E-state index in [1.807, 2.05) is 49.5 Å². The highest BCUT2D eigenvalue weighted by atomic mass is 79.9. The number of hydrogen-bond acceptors (Lipinski definition) is 3. The quantitative estimate of drug-likeness (QED) is 0.668. The molecule has 2 aromatic carbocycles. The lowest BCUT2D eigenvalue weighted by atomic mass is 9.89. The third-order valence-corrected chi connectivity index (χ3v) is 5.00. The molecule has 2 amide bonds. The van der Waals surface area contributed by atoms with Crippen LogP contribution in [0, 0.1) is 0 Å². The molecule has 0 saturated carbocycles. The van der Waals surface area contributed by atoms with Gasteiger partial charge in [-0.05, 0) is 23.8 Å². The maximum Gasteiger partial charge on any atom is 0.232 e. The highest BCUT2D eigenvalue weighted by molar-refractivity contribution is 9.10. The van der Waals surface area contributed by atoms with E-state index < -0.39 is 5.92 Å². The average molecular weight is 425 g/mol. The molecular weight excluding hydrogens is 408 g/mol. The normalized spacial score (nSPS) is 15.8. The zero-order valence-electron chi connectivity index (χ0n) is 14.6. The molecule has 1 aromatic heterocycles. The van der Waals surface area contributed by atoms with Crippen LogP contribution in [0.5, 0.6) is 0 Å². The van der Waals surface area contributed by atoms with Gasteiger partial charge in [0.05, 0.1) is 11.6 Å². The maximum atomic E-state index is 13.0. The standard InChI is InChI=1S/C20H17BrN4O2/c1-25-11-17(19(24-25)12-5-3-2-4-6-12)23-20(27)15-10-18(26)22-16-8-7-13(21)9-14(15)16/h2-9,11,15H,10H2,1H3,(H,22,26)(H,23,27). The van der Waals surface area contributed by atoms with Crippen molar-refractivity contribution < 1.29 is 9.59 Å². The van der Waals surface area contributed by atoms with E-state index >= 15 is 0 Å². The minimum absolute atomic E-state index is 0.107. The van der Waals surface area contributed by atoms with Crippen molar-refractivity contribution in [1.82, 2.24) is 9.78 Å². The number of fused-ring (bicyclic) bond motifs is 1. The zero-order valence-corrected chi connectivity index (χ0v) is 16.2. The predicted octanol–water partition coefficient (Wildman–Crippen LogP) is 3.91. The summed E-state index contributed by atoms with van der Waals surface area (Å²) in [6.07, 6.45) is 1.88. The van der Waals surface area contributed by atoms with Gasteiger partial charge in [-0.15, -0.1) is 0 Å². The molecule has 1 atom stereocenters. The number of carbonyl (C=O) groups is 2. The van der Waals surface area contributed by atoms with E-state index in [4.69, 9.17) is 0 Å². The van der Waals surface area contributed by atoms with E-state index in [9.17, 15) is 9.59 Å². The highest BCUT2D eigenvalue weighted by Gasteiger charge is 2.31. The molecule has 0 bridgehead atoms. The van der Waals surface area contributed by atoms with E-state index in [0.717, 1.165) is 15.6 Å². The lowest BCUT2D eigenvalue weighted by molar-refractivity contribution is -0.123. The second-order valence-electron chi connectivity index (χ2n) is 6.46. The molecule has 0 fully saturated rings. The topological polar surface area (TPSA) is 76.0 Å². The van der Waals surface area contributed by atoms with Gasteiger partial charge in [-0.25, -0.2) is 0 Å². The van der Waals surface area contributed by atoms with Crippen LogP contribution >= 0.6 is 15.9 Å². The van der Waals surface area contributed by atoms with E-state index in [0.29, 0.717) is 17.1 Å². The maximum absolute atomic E-state index is 13.0. The molecule has 1 aliphatic rings. The van der Waals surface area contributed by atoms with Gasteiger partial charge in [0, 0.05) is 35.4 Å². The Morgan fingerprint density at radius 3 is 2.81 bits per heavy atom. The van der Waals surface area contributed by atoms with Gasteiger partial charge in [0.1, 0.15) is 5.69 Å². The smallest absolute Gasteiger partial charge is 0.232 e. The number of nitrogens with zero attached hydrogens (tertiary/aromatic N) is 2. The molecule has 0 spiro atoms. The van der Waals surface area contributed by atoms with Crippen molar-refractivity contribution in [2.45, 2.75) is 12.3 Å². The Morgan fingerprint density at radius 1 is 1.26 bits per heavy atom. The predicted molar refractivity (Wildman–Crippen MR) is 107 cm³/mol. The Bertz CT molecular complexity index is 1030. The first-order valence-corrected chi connectivity index (χ1v) is 9.30. The number of benzene rings is 2. The van der Waals surface area contributed by atoms with E-state index in [1.165, 1.54) is 0 Å². The SMILES string of the molecule is Cn1cc(NC(=O)C2CC(=O)Nc3ccc(Br)cc32)c(-c2ccccc2)n1. The second kappa shape index (κ2) is 7.00. The van der Waals surface area contributed by atoms with Crippen LogP contribution in [0.1, 0.15) is 17.9 Å². The summed E-state index contributed by atoms with van der Waals surface area (Å²) in [5, 5.41) is 10.3. The fourth-order valence-corrected chi connectivity index (χ4v) is 3.65. The van der Waals surface area contributed by atoms with Crippen molar-refractivity contribution in [2.75, 3.05) is 10.6 Å². The molecule has 3 aromatic rings. The van der Waals surface area contributed by atoms with Crippen LogP contribution < -0.4 is 10.6 Å². The number of carbonyl (C=O) groups excluding carboxylic acids is 2. The van der Waals surface area contributed by atoms with Gasteiger partial charge in [0.2, 0.25) is 11.8 Å². The number of aromatic nitrogens is 2. The lowest BCUT2D eigenvalue weighted by Crippen LogP contribution is -2.30. The molecule has 1 aliphatic heterocycles. The molecule has 0 radical (unpaired) electrons. The van der Waals surface area contributed by atoms with Crippen LogP contribution in [0.4, 0.5) is 11.4 Å². The van der Waals surface area contributed by atoms with Gasteiger partial charge in [-0.2, -0.15) is 5.10 Å². The number of halogens is 1. The zero-order chi connectivity index (χ0) is 19.0. The van der Waals surface area contributed by atoms with Crippen molar-refractivity contribution >= 4 is 39.1 Å². The number of amides is 2. The van der Waals surface area contributed by atoms with Gasteiger partial charge in [0.15, 0.2) is 0 Å². The molecule has 6 nitrogen and oxygen atoms in total. The molecule has 27 heavy (non-hydrogen) atoms. The fourth-order valence-electron chi connectivity index (χ4n) is 3.28. The Kier molecular flexibility index (Phi) is 4.53. The summed E-state index contributed by atoms with van der Waals surface area (Å²) < 4.78 is 2.53.